The summed E-state index contributed by atoms with van der Waals surface area (Å²) in [4.78, 5) is 26.9. The number of benzene rings is 1. The highest BCUT2D eigenvalue weighted by Gasteiger charge is 2.28. The molecule has 0 aliphatic carbocycles. The van der Waals surface area contributed by atoms with Crippen LogP contribution in [0.25, 0.3) is 11.0 Å². The lowest BCUT2D eigenvalue weighted by atomic mass is 9.95. The second-order valence-corrected chi connectivity index (χ2v) is 6.99. The van der Waals surface area contributed by atoms with E-state index >= 15 is 0 Å². The Balaban J connectivity index is 1.49. The summed E-state index contributed by atoms with van der Waals surface area (Å²) in [5.74, 6) is 1.04. The average molecular weight is 369 g/mol. The molecule has 1 saturated heterocycles. The number of aromatic nitrogens is 6. The Labute approximate surface area is 156 Å². The first-order valence-electron chi connectivity index (χ1n) is 9.22. The summed E-state index contributed by atoms with van der Waals surface area (Å²) in [6.07, 6.45) is 1.60. The van der Waals surface area contributed by atoms with Gasteiger partial charge in [0.2, 0.25) is 0 Å². The third-order valence-corrected chi connectivity index (χ3v) is 5.36. The number of aryl methyl sites for hydroxylation is 2. The van der Waals surface area contributed by atoms with Crippen molar-refractivity contribution in [1.82, 2.24) is 34.2 Å². The highest BCUT2D eigenvalue weighted by Crippen LogP contribution is 2.27. The zero-order valence-corrected chi connectivity index (χ0v) is 15.8. The molecule has 0 N–H and O–H groups in total. The number of hydrogen-bond acceptors (Lipinski definition) is 5. The minimum absolute atomic E-state index is 0.00917. The van der Waals surface area contributed by atoms with Crippen LogP contribution in [-0.4, -0.2) is 53.2 Å². The molecule has 27 heavy (non-hydrogen) atoms. The van der Waals surface area contributed by atoms with Crippen LogP contribution in [0.5, 0.6) is 0 Å². The van der Waals surface area contributed by atoms with Gasteiger partial charge in [0.05, 0.1) is 5.52 Å². The molecule has 0 bridgehead atoms. The van der Waals surface area contributed by atoms with Crippen LogP contribution in [0.2, 0.25) is 0 Å². The van der Waals surface area contributed by atoms with E-state index in [1.165, 1.54) is 4.68 Å². The lowest BCUT2D eigenvalue weighted by Gasteiger charge is -2.31. The third kappa shape index (κ3) is 2.92. The van der Waals surface area contributed by atoms with Crippen molar-refractivity contribution in [3.05, 3.63) is 40.1 Å². The van der Waals surface area contributed by atoms with Crippen LogP contribution in [0, 0.1) is 0 Å². The Kier molecular flexibility index (Phi) is 4.29. The normalized spacial score (nSPS) is 15.6. The van der Waals surface area contributed by atoms with Crippen molar-refractivity contribution in [1.29, 1.82) is 0 Å². The van der Waals surface area contributed by atoms with E-state index in [0.717, 1.165) is 29.7 Å². The molecule has 1 amide bonds. The van der Waals surface area contributed by atoms with E-state index in [0.29, 0.717) is 25.2 Å². The molecule has 2 aromatic heterocycles. The Morgan fingerprint density at radius 2 is 1.93 bits per heavy atom. The Hall–Kier alpha value is -2.97. The van der Waals surface area contributed by atoms with E-state index in [-0.39, 0.29) is 17.5 Å². The van der Waals surface area contributed by atoms with Gasteiger partial charge >= 0.3 is 5.69 Å². The number of fused-ring (bicyclic) bond motifs is 1. The third-order valence-electron chi connectivity index (χ3n) is 5.36. The van der Waals surface area contributed by atoms with Gasteiger partial charge in [-0.1, -0.05) is 5.21 Å². The smallest absolute Gasteiger partial charge is 0.339 e. The predicted molar refractivity (Wildman–Crippen MR) is 99.5 cm³/mol. The molecule has 0 spiro atoms. The molecular weight excluding hydrogens is 346 g/mol. The molecule has 4 rings (SSSR count). The number of carbonyl (C=O) groups is 1. The Morgan fingerprint density at radius 3 is 2.63 bits per heavy atom. The maximum absolute atomic E-state index is 12.9. The maximum Gasteiger partial charge on any atom is 0.345 e. The van der Waals surface area contributed by atoms with Crippen LogP contribution >= 0.6 is 0 Å². The lowest BCUT2D eigenvalue weighted by molar-refractivity contribution is 0.0710. The molecule has 0 unspecified atom stereocenters. The van der Waals surface area contributed by atoms with Crippen molar-refractivity contribution in [2.24, 2.45) is 14.1 Å². The second kappa shape index (κ2) is 6.64. The monoisotopic (exact) mass is 369 g/mol. The summed E-state index contributed by atoms with van der Waals surface area (Å²) in [7, 11) is 3.51. The molecule has 0 radical (unpaired) electrons. The van der Waals surface area contributed by atoms with Crippen LogP contribution in [0.15, 0.2) is 23.0 Å². The first-order valence-corrected chi connectivity index (χ1v) is 9.22. The maximum atomic E-state index is 12.9. The highest BCUT2D eigenvalue weighted by molar-refractivity contribution is 5.97. The van der Waals surface area contributed by atoms with Crippen LogP contribution in [0.1, 0.15) is 41.9 Å². The molecule has 1 aliphatic heterocycles. The molecule has 142 valence electrons. The van der Waals surface area contributed by atoms with Crippen LogP contribution in [-0.2, 0) is 20.6 Å². The molecular formula is C18H23N7O2. The van der Waals surface area contributed by atoms with E-state index in [4.69, 9.17) is 0 Å². The van der Waals surface area contributed by atoms with Crippen LogP contribution in [0.4, 0.5) is 0 Å². The summed E-state index contributed by atoms with van der Waals surface area (Å²) >= 11 is 0. The summed E-state index contributed by atoms with van der Waals surface area (Å²) in [6, 6.07) is 5.50. The minimum Gasteiger partial charge on any atom is -0.339 e. The molecule has 9 heteroatoms. The number of hydrogen-bond donors (Lipinski definition) is 0. The van der Waals surface area contributed by atoms with Crippen molar-refractivity contribution in [3.8, 4) is 0 Å². The SMILES string of the molecule is CCn1c(C2CCN(C(=O)c3ccc4c(c3)nnn4C)CC2)nn(C)c1=O. The zero-order chi connectivity index (χ0) is 19.1. The van der Waals surface area contributed by atoms with Gasteiger partial charge in [0, 0.05) is 45.2 Å². The number of nitrogens with zero attached hydrogens (tertiary/aromatic N) is 7. The van der Waals surface area contributed by atoms with Crippen molar-refractivity contribution in [2.45, 2.75) is 32.2 Å². The molecule has 3 heterocycles. The lowest BCUT2D eigenvalue weighted by Crippen LogP contribution is -2.38. The van der Waals surface area contributed by atoms with Crippen molar-refractivity contribution in [2.75, 3.05) is 13.1 Å². The van der Waals surface area contributed by atoms with Gasteiger partial charge in [-0.15, -0.1) is 5.10 Å². The van der Waals surface area contributed by atoms with E-state index in [9.17, 15) is 9.59 Å². The van der Waals surface area contributed by atoms with Gasteiger partial charge in [0.15, 0.2) is 0 Å². The van der Waals surface area contributed by atoms with E-state index < -0.39 is 0 Å². The Bertz CT molecular complexity index is 1050. The van der Waals surface area contributed by atoms with Crippen LogP contribution < -0.4 is 5.69 Å². The number of rotatable bonds is 3. The molecule has 1 fully saturated rings. The zero-order valence-electron chi connectivity index (χ0n) is 15.8. The fourth-order valence-electron chi connectivity index (χ4n) is 3.82. The van der Waals surface area contributed by atoms with E-state index in [1.807, 2.05) is 31.0 Å². The summed E-state index contributed by atoms with van der Waals surface area (Å²) in [5, 5.41) is 12.5. The molecule has 0 saturated carbocycles. The fraction of sp³-hybridized carbons (Fsp3) is 0.500. The second-order valence-electron chi connectivity index (χ2n) is 6.99. The van der Waals surface area contributed by atoms with Gasteiger partial charge in [-0.2, -0.15) is 5.10 Å². The summed E-state index contributed by atoms with van der Waals surface area (Å²) in [5.41, 5.74) is 2.17. The topological polar surface area (TPSA) is 90.8 Å². The van der Waals surface area contributed by atoms with Gasteiger partial charge in [-0.3, -0.25) is 9.36 Å². The number of amides is 1. The first-order chi connectivity index (χ1) is 13.0. The standard InChI is InChI=1S/C18H23N7O2/c1-4-25-16(20-23(3)18(25)27)12-7-9-24(10-8-12)17(26)13-5-6-15-14(11-13)19-21-22(15)2/h5-6,11-12H,4,7-10H2,1-3H3. The van der Waals surface area contributed by atoms with Gasteiger partial charge < -0.3 is 4.90 Å². The van der Waals surface area contributed by atoms with E-state index in [1.54, 1.807) is 22.4 Å². The van der Waals surface area contributed by atoms with Crippen molar-refractivity contribution >= 4 is 16.9 Å². The fourth-order valence-corrected chi connectivity index (χ4v) is 3.82. The molecule has 1 aliphatic rings. The summed E-state index contributed by atoms with van der Waals surface area (Å²) in [6.45, 7) is 3.86. The molecule has 0 atom stereocenters. The van der Waals surface area contributed by atoms with Gasteiger partial charge in [0.1, 0.15) is 11.3 Å². The van der Waals surface area contributed by atoms with Crippen molar-refractivity contribution in [3.63, 3.8) is 0 Å². The average Bonchev–Trinajstić information content (AvgIpc) is 3.20. The quantitative estimate of drug-likeness (QED) is 0.684. The van der Waals surface area contributed by atoms with Crippen molar-refractivity contribution < 1.29 is 4.79 Å². The molecule has 3 aromatic rings. The van der Waals surface area contributed by atoms with Gasteiger partial charge in [-0.25, -0.2) is 14.2 Å². The minimum atomic E-state index is -0.0803. The summed E-state index contributed by atoms with van der Waals surface area (Å²) < 4.78 is 4.81. The number of carbonyl (C=O) groups excluding carboxylic acids is 1. The highest BCUT2D eigenvalue weighted by atomic mass is 16.2. The largest absolute Gasteiger partial charge is 0.345 e. The molecule has 9 nitrogen and oxygen atoms in total. The number of piperidine rings is 1. The predicted octanol–water partition coefficient (Wildman–Crippen LogP) is 0.903. The van der Waals surface area contributed by atoms with Crippen LogP contribution in [0.3, 0.4) is 0 Å². The first kappa shape index (κ1) is 17.4. The van der Waals surface area contributed by atoms with E-state index in [2.05, 4.69) is 15.4 Å². The number of likely N-dealkylation sites (tertiary alicyclic amines) is 1. The van der Waals surface area contributed by atoms with Gasteiger partial charge in [-0.05, 0) is 38.0 Å². The molecule has 1 aromatic carbocycles. The van der Waals surface area contributed by atoms with Gasteiger partial charge in [0.25, 0.3) is 5.91 Å². The Morgan fingerprint density at radius 1 is 1.19 bits per heavy atom.